The average molecular weight is 506 g/mol. The second-order valence-corrected chi connectivity index (χ2v) is 7.94. The highest BCUT2D eigenvalue weighted by molar-refractivity contribution is 14.0. The van der Waals surface area contributed by atoms with Gasteiger partial charge in [-0.3, -0.25) is 4.99 Å². The molecule has 1 aromatic rings. The lowest BCUT2D eigenvalue weighted by molar-refractivity contribution is -0.0250. The molecule has 1 heterocycles. The van der Waals surface area contributed by atoms with Gasteiger partial charge in [0.2, 0.25) is 0 Å². The molecule has 0 amide bonds. The first-order valence-electron chi connectivity index (χ1n) is 9.94. The summed E-state index contributed by atoms with van der Waals surface area (Å²) in [5, 5.41) is 6.84. The minimum absolute atomic E-state index is 0. The highest BCUT2D eigenvalue weighted by Crippen LogP contribution is 2.33. The summed E-state index contributed by atoms with van der Waals surface area (Å²) in [5.41, 5.74) is 2.57. The van der Waals surface area contributed by atoms with Gasteiger partial charge in [-0.2, -0.15) is 11.8 Å². The zero-order valence-electron chi connectivity index (χ0n) is 17.0. The number of thioether (sulfide) groups is 1. The Morgan fingerprint density at radius 1 is 1.22 bits per heavy atom. The minimum Gasteiger partial charge on any atom is -0.373 e. The van der Waals surface area contributed by atoms with Crippen molar-refractivity contribution in [3.05, 3.63) is 35.4 Å². The van der Waals surface area contributed by atoms with E-state index >= 15 is 0 Å². The molecule has 0 saturated carbocycles. The van der Waals surface area contributed by atoms with E-state index in [9.17, 15) is 0 Å². The topological polar surface area (TPSA) is 45.7 Å². The first-order chi connectivity index (χ1) is 12.7. The number of rotatable bonds is 9. The Hall–Kier alpha value is -0.470. The van der Waals surface area contributed by atoms with Gasteiger partial charge in [-0.1, -0.05) is 29.8 Å². The third-order valence-electron chi connectivity index (χ3n) is 4.75. The van der Waals surface area contributed by atoms with Crippen molar-refractivity contribution >= 4 is 41.7 Å². The molecule has 6 heteroatoms. The van der Waals surface area contributed by atoms with Crippen molar-refractivity contribution in [3.63, 3.8) is 0 Å². The van der Waals surface area contributed by atoms with E-state index in [2.05, 4.69) is 55.0 Å². The van der Waals surface area contributed by atoms with Crippen molar-refractivity contribution in [2.75, 3.05) is 38.2 Å². The first-order valence-corrected chi connectivity index (χ1v) is 11.3. The summed E-state index contributed by atoms with van der Waals surface area (Å²) in [6.07, 6.45) is 7.06. The maximum atomic E-state index is 6.12. The van der Waals surface area contributed by atoms with Gasteiger partial charge in [0.05, 0.1) is 6.10 Å². The highest BCUT2D eigenvalue weighted by atomic mass is 127. The molecule has 0 aliphatic carbocycles. The van der Waals surface area contributed by atoms with Gasteiger partial charge in [-0.15, -0.1) is 24.0 Å². The molecule has 2 N–H and O–H groups in total. The van der Waals surface area contributed by atoms with Crippen molar-refractivity contribution in [1.29, 1.82) is 0 Å². The van der Waals surface area contributed by atoms with Crippen LogP contribution in [0.15, 0.2) is 29.3 Å². The van der Waals surface area contributed by atoms with Crippen LogP contribution in [0.4, 0.5) is 0 Å². The van der Waals surface area contributed by atoms with Crippen LogP contribution >= 0.6 is 35.7 Å². The van der Waals surface area contributed by atoms with Crippen LogP contribution in [0.1, 0.15) is 49.8 Å². The Labute approximate surface area is 186 Å². The van der Waals surface area contributed by atoms with Crippen LogP contribution in [0.2, 0.25) is 0 Å². The highest BCUT2D eigenvalue weighted by Gasteiger charge is 2.27. The summed E-state index contributed by atoms with van der Waals surface area (Å²) in [5.74, 6) is 2.61. The van der Waals surface area contributed by atoms with Gasteiger partial charge < -0.3 is 15.4 Å². The smallest absolute Gasteiger partial charge is 0.191 e. The Morgan fingerprint density at radius 3 is 2.70 bits per heavy atom. The van der Waals surface area contributed by atoms with E-state index < -0.39 is 0 Å². The lowest BCUT2D eigenvalue weighted by Gasteiger charge is -2.31. The fraction of sp³-hybridized carbons (Fsp3) is 0.667. The van der Waals surface area contributed by atoms with Crippen LogP contribution in [0.3, 0.4) is 0 Å². The van der Waals surface area contributed by atoms with Gasteiger partial charge in [-0.25, -0.2) is 0 Å². The molecule has 0 aromatic heterocycles. The van der Waals surface area contributed by atoms with E-state index in [0.29, 0.717) is 5.92 Å². The Morgan fingerprint density at radius 2 is 2.00 bits per heavy atom. The fourth-order valence-electron chi connectivity index (χ4n) is 3.28. The summed E-state index contributed by atoms with van der Waals surface area (Å²) in [6.45, 7) is 7.77. The number of ether oxygens (including phenoxy) is 1. The third-order valence-corrected chi connectivity index (χ3v) is 5.44. The third kappa shape index (κ3) is 9.05. The molecule has 1 fully saturated rings. The molecule has 27 heavy (non-hydrogen) atoms. The van der Waals surface area contributed by atoms with Gasteiger partial charge in [0, 0.05) is 32.2 Å². The Kier molecular flexibility index (Phi) is 13.2. The van der Waals surface area contributed by atoms with E-state index in [1.807, 2.05) is 11.8 Å². The summed E-state index contributed by atoms with van der Waals surface area (Å²) < 4.78 is 6.12. The van der Waals surface area contributed by atoms with E-state index in [-0.39, 0.29) is 30.1 Å². The normalized spacial score (nSPS) is 20.0. The van der Waals surface area contributed by atoms with Gasteiger partial charge >= 0.3 is 0 Å². The van der Waals surface area contributed by atoms with Crippen molar-refractivity contribution in [1.82, 2.24) is 10.6 Å². The summed E-state index contributed by atoms with van der Waals surface area (Å²) in [4.78, 5) is 4.86. The number of guanidine groups is 1. The standard InChI is InChI=1S/C21H35N3OS.HI/c1-4-22-21(23-13-5-6-15-26-3)24-16-19-8-7-14-25-20(19)18-11-9-17(2)10-12-18;/h9-12,19-20H,4-8,13-16H2,1-3H3,(H2,22,23,24);1H. The van der Waals surface area contributed by atoms with E-state index in [4.69, 9.17) is 9.73 Å². The molecular formula is C21H36IN3OS. The predicted molar refractivity (Wildman–Crippen MR) is 130 cm³/mol. The predicted octanol–water partition coefficient (Wildman–Crippen LogP) is 4.78. The number of benzene rings is 1. The maximum Gasteiger partial charge on any atom is 0.191 e. The molecule has 1 aromatic carbocycles. The molecule has 1 aliphatic heterocycles. The quantitative estimate of drug-likeness (QED) is 0.220. The molecule has 154 valence electrons. The van der Waals surface area contributed by atoms with Crippen LogP contribution in [0.25, 0.3) is 0 Å². The molecular weight excluding hydrogens is 469 g/mol. The molecule has 0 bridgehead atoms. The molecule has 2 atom stereocenters. The molecule has 4 nitrogen and oxygen atoms in total. The van der Waals surface area contributed by atoms with Gasteiger partial charge in [0.15, 0.2) is 5.96 Å². The monoisotopic (exact) mass is 505 g/mol. The van der Waals surface area contributed by atoms with E-state index in [0.717, 1.165) is 38.6 Å². The summed E-state index contributed by atoms with van der Waals surface area (Å²) in [6, 6.07) is 8.76. The van der Waals surface area contributed by atoms with E-state index in [1.165, 1.54) is 36.1 Å². The number of aryl methyl sites for hydroxylation is 1. The average Bonchev–Trinajstić information content (AvgIpc) is 2.67. The zero-order valence-corrected chi connectivity index (χ0v) is 20.1. The van der Waals surface area contributed by atoms with Crippen molar-refractivity contribution in [2.24, 2.45) is 10.9 Å². The maximum absolute atomic E-state index is 6.12. The van der Waals surface area contributed by atoms with Gasteiger partial charge in [0.25, 0.3) is 0 Å². The number of nitrogens with zero attached hydrogens (tertiary/aromatic N) is 1. The van der Waals surface area contributed by atoms with Gasteiger partial charge in [-0.05, 0) is 57.1 Å². The summed E-state index contributed by atoms with van der Waals surface area (Å²) >= 11 is 1.91. The van der Waals surface area contributed by atoms with E-state index in [1.54, 1.807) is 0 Å². The second-order valence-electron chi connectivity index (χ2n) is 6.95. The van der Waals surface area contributed by atoms with Gasteiger partial charge in [0.1, 0.15) is 0 Å². The summed E-state index contributed by atoms with van der Waals surface area (Å²) in [7, 11) is 0. The SMILES string of the molecule is CCNC(=NCC1CCCOC1c1ccc(C)cc1)NCCCCSC.I. The van der Waals surface area contributed by atoms with Crippen LogP contribution < -0.4 is 10.6 Å². The molecule has 0 radical (unpaired) electrons. The molecule has 2 unspecified atom stereocenters. The first kappa shape index (κ1) is 24.6. The second kappa shape index (κ2) is 14.5. The lowest BCUT2D eigenvalue weighted by Crippen LogP contribution is -2.38. The molecule has 1 saturated heterocycles. The van der Waals surface area contributed by atoms with Crippen molar-refractivity contribution in [3.8, 4) is 0 Å². The molecule has 1 aliphatic rings. The number of aliphatic imine (C=N–C) groups is 1. The number of unbranched alkanes of at least 4 members (excludes halogenated alkanes) is 1. The van der Waals surface area contributed by atoms with Crippen LogP contribution in [0, 0.1) is 12.8 Å². The van der Waals surface area contributed by atoms with Crippen molar-refractivity contribution in [2.45, 2.75) is 45.6 Å². The number of nitrogens with one attached hydrogen (secondary N) is 2. The Balaban J connectivity index is 0.00000364. The van der Waals surface area contributed by atoms with Crippen LogP contribution in [-0.4, -0.2) is 44.2 Å². The van der Waals surface area contributed by atoms with Crippen LogP contribution in [-0.2, 0) is 4.74 Å². The fourth-order valence-corrected chi connectivity index (χ4v) is 3.78. The van der Waals surface area contributed by atoms with Crippen LogP contribution in [0.5, 0.6) is 0 Å². The van der Waals surface area contributed by atoms with Crippen molar-refractivity contribution < 1.29 is 4.74 Å². The number of hydrogen-bond acceptors (Lipinski definition) is 3. The molecule has 0 spiro atoms. The number of hydrogen-bond donors (Lipinski definition) is 2. The minimum atomic E-state index is 0. The Bertz CT molecular complexity index is 539. The lowest BCUT2D eigenvalue weighted by atomic mass is 9.89. The molecule has 2 rings (SSSR count). The number of halogens is 1. The largest absolute Gasteiger partial charge is 0.373 e. The zero-order chi connectivity index (χ0) is 18.6.